The van der Waals surface area contributed by atoms with Crippen molar-refractivity contribution in [1.29, 1.82) is 0 Å². The quantitative estimate of drug-likeness (QED) is 0.711. The Morgan fingerprint density at radius 1 is 1.12 bits per heavy atom. The Bertz CT molecular complexity index is 362. The van der Waals surface area contributed by atoms with E-state index in [1.54, 1.807) is 0 Å². The first-order valence-corrected chi connectivity index (χ1v) is 5.46. The number of anilines is 2. The molecule has 1 saturated heterocycles. The highest BCUT2D eigenvalue weighted by Crippen LogP contribution is 2.30. The van der Waals surface area contributed by atoms with Crippen molar-refractivity contribution < 1.29 is 9.47 Å². The second-order valence-electron chi connectivity index (χ2n) is 4.43. The van der Waals surface area contributed by atoms with Gasteiger partial charge < -0.3 is 20.9 Å². The first-order valence-electron chi connectivity index (χ1n) is 5.46. The Balaban J connectivity index is 2.21. The predicted molar refractivity (Wildman–Crippen MR) is 63.8 cm³/mol. The van der Waals surface area contributed by atoms with Crippen molar-refractivity contribution in [2.45, 2.75) is 20.1 Å². The molecule has 0 unspecified atom stereocenters. The summed E-state index contributed by atoms with van der Waals surface area (Å²) in [5, 5.41) is 0. The summed E-state index contributed by atoms with van der Waals surface area (Å²) >= 11 is 0. The van der Waals surface area contributed by atoms with Gasteiger partial charge in [0.15, 0.2) is 6.29 Å². The first kappa shape index (κ1) is 11.2. The largest absolute Gasteiger partial charge is 0.398 e. The van der Waals surface area contributed by atoms with Gasteiger partial charge >= 0.3 is 0 Å². The van der Waals surface area contributed by atoms with Gasteiger partial charge in [0.1, 0.15) is 0 Å². The lowest BCUT2D eigenvalue weighted by Gasteiger charge is -2.28. The van der Waals surface area contributed by atoms with Gasteiger partial charge in [-0.1, -0.05) is 6.92 Å². The van der Waals surface area contributed by atoms with E-state index in [1.807, 2.05) is 19.1 Å². The predicted octanol–water partition coefficient (Wildman–Crippen LogP) is 1.84. The molecule has 2 rings (SSSR count). The molecule has 0 atom stereocenters. The van der Waals surface area contributed by atoms with Crippen molar-refractivity contribution in [2.75, 3.05) is 24.7 Å². The molecule has 1 fully saturated rings. The molecule has 0 radical (unpaired) electrons. The third kappa shape index (κ3) is 2.13. The third-order valence-electron chi connectivity index (χ3n) is 2.85. The van der Waals surface area contributed by atoms with Crippen molar-refractivity contribution in [3.63, 3.8) is 0 Å². The maximum atomic E-state index is 5.86. The molecule has 0 aromatic heterocycles. The number of hydrogen-bond acceptors (Lipinski definition) is 4. The highest BCUT2D eigenvalue weighted by atomic mass is 16.7. The minimum absolute atomic E-state index is 0.332. The second kappa shape index (κ2) is 4.31. The number of rotatable bonds is 1. The fraction of sp³-hybridized carbons (Fsp3) is 0.500. The molecule has 0 spiro atoms. The molecule has 0 amide bonds. The van der Waals surface area contributed by atoms with Gasteiger partial charge in [-0.2, -0.15) is 0 Å². The molecule has 4 N–H and O–H groups in total. The average Bonchev–Trinajstić information content (AvgIpc) is 2.26. The Labute approximate surface area is 95.5 Å². The maximum absolute atomic E-state index is 5.86. The van der Waals surface area contributed by atoms with Crippen LogP contribution in [0.25, 0.3) is 0 Å². The highest BCUT2D eigenvalue weighted by Gasteiger charge is 2.21. The third-order valence-corrected chi connectivity index (χ3v) is 2.85. The zero-order chi connectivity index (χ0) is 11.7. The molecule has 1 aliphatic heterocycles. The van der Waals surface area contributed by atoms with Gasteiger partial charge in [-0.05, 0) is 24.6 Å². The van der Waals surface area contributed by atoms with Crippen LogP contribution in [0.15, 0.2) is 12.1 Å². The van der Waals surface area contributed by atoms with Crippen LogP contribution in [0.1, 0.15) is 24.3 Å². The van der Waals surface area contributed by atoms with Crippen LogP contribution in [0.5, 0.6) is 0 Å². The van der Waals surface area contributed by atoms with Crippen molar-refractivity contribution in [1.82, 2.24) is 0 Å². The van der Waals surface area contributed by atoms with Gasteiger partial charge in [0, 0.05) is 22.9 Å². The molecular formula is C12H18N2O2. The number of ether oxygens (including phenoxy) is 2. The number of nitrogen functional groups attached to an aromatic ring is 2. The number of nitrogens with two attached hydrogens (primary N) is 2. The summed E-state index contributed by atoms with van der Waals surface area (Å²) in [6.45, 7) is 5.41. The monoisotopic (exact) mass is 222 g/mol. The Morgan fingerprint density at radius 3 is 2.12 bits per heavy atom. The summed E-state index contributed by atoms with van der Waals surface area (Å²) < 4.78 is 11.2. The minimum atomic E-state index is -0.332. The van der Waals surface area contributed by atoms with Crippen LogP contribution in [0, 0.1) is 12.8 Å². The maximum Gasteiger partial charge on any atom is 0.183 e. The standard InChI is InChI=1S/C12H18N2O2/c1-7-5-15-12(16-6-7)9-3-10(13)8(2)11(14)4-9/h3-4,7,12H,5-6,13-14H2,1-2H3. The summed E-state index contributed by atoms with van der Waals surface area (Å²) in [6, 6.07) is 3.73. The van der Waals surface area contributed by atoms with Gasteiger partial charge in [-0.3, -0.25) is 0 Å². The molecule has 1 aliphatic rings. The lowest BCUT2D eigenvalue weighted by atomic mass is 10.1. The molecule has 1 aromatic rings. The lowest BCUT2D eigenvalue weighted by molar-refractivity contribution is -0.202. The van der Waals surface area contributed by atoms with Gasteiger partial charge in [-0.15, -0.1) is 0 Å². The van der Waals surface area contributed by atoms with E-state index in [-0.39, 0.29) is 6.29 Å². The summed E-state index contributed by atoms with van der Waals surface area (Å²) in [4.78, 5) is 0. The van der Waals surface area contributed by atoms with Crippen molar-refractivity contribution in [3.05, 3.63) is 23.3 Å². The topological polar surface area (TPSA) is 70.5 Å². The summed E-state index contributed by atoms with van der Waals surface area (Å²) in [7, 11) is 0. The average molecular weight is 222 g/mol. The van der Waals surface area contributed by atoms with Crippen LogP contribution in [0.3, 0.4) is 0 Å². The fourth-order valence-electron chi connectivity index (χ4n) is 1.71. The zero-order valence-corrected chi connectivity index (χ0v) is 9.69. The van der Waals surface area contributed by atoms with E-state index in [4.69, 9.17) is 20.9 Å². The van der Waals surface area contributed by atoms with Crippen LogP contribution >= 0.6 is 0 Å². The van der Waals surface area contributed by atoms with Crippen LogP contribution in [0.4, 0.5) is 11.4 Å². The van der Waals surface area contributed by atoms with Crippen LogP contribution in [-0.4, -0.2) is 13.2 Å². The molecule has 1 aromatic carbocycles. The van der Waals surface area contributed by atoms with E-state index in [2.05, 4.69) is 6.92 Å². The van der Waals surface area contributed by atoms with Crippen LogP contribution < -0.4 is 11.5 Å². The van der Waals surface area contributed by atoms with Gasteiger partial charge in [0.25, 0.3) is 0 Å². The van der Waals surface area contributed by atoms with Gasteiger partial charge in [-0.25, -0.2) is 0 Å². The van der Waals surface area contributed by atoms with Crippen molar-refractivity contribution in [3.8, 4) is 0 Å². The summed E-state index contributed by atoms with van der Waals surface area (Å²) in [5.41, 5.74) is 14.9. The number of benzene rings is 1. The SMILES string of the molecule is Cc1c(N)cc(C2OCC(C)CO2)cc1N. The minimum Gasteiger partial charge on any atom is -0.398 e. The normalized spacial score (nSPS) is 25.6. The van der Waals surface area contributed by atoms with E-state index >= 15 is 0 Å². The molecule has 0 saturated carbocycles. The first-order chi connectivity index (χ1) is 7.58. The molecule has 4 heteroatoms. The lowest BCUT2D eigenvalue weighted by Crippen LogP contribution is -2.25. The molecule has 88 valence electrons. The Hall–Kier alpha value is -1.26. The Morgan fingerprint density at radius 2 is 1.62 bits per heavy atom. The van der Waals surface area contributed by atoms with E-state index < -0.39 is 0 Å². The van der Waals surface area contributed by atoms with E-state index in [9.17, 15) is 0 Å². The van der Waals surface area contributed by atoms with Gasteiger partial charge in [0.2, 0.25) is 0 Å². The fourth-order valence-corrected chi connectivity index (χ4v) is 1.71. The van der Waals surface area contributed by atoms with E-state index in [0.29, 0.717) is 30.5 Å². The van der Waals surface area contributed by atoms with Crippen molar-refractivity contribution >= 4 is 11.4 Å². The number of hydrogen-bond donors (Lipinski definition) is 2. The highest BCUT2D eigenvalue weighted by molar-refractivity contribution is 5.62. The van der Waals surface area contributed by atoms with Crippen molar-refractivity contribution in [2.24, 2.45) is 5.92 Å². The van der Waals surface area contributed by atoms with Crippen LogP contribution in [0.2, 0.25) is 0 Å². The summed E-state index contributed by atoms with van der Waals surface area (Å²) in [6.07, 6.45) is -0.332. The molecule has 0 aliphatic carbocycles. The smallest absolute Gasteiger partial charge is 0.183 e. The molecule has 1 heterocycles. The second-order valence-corrected chi connectivity index (χ2v) is 4.43. The van der Waals surface area contributed by atoms with Gasteiger partial charge in [0.05, 0.1) is 13.2 Å². The van der Waals surface area contributed by atoms with E-state index in [0.717, 1.165) is 11.1 Å². The zero-order valence-electron chi connectivity index (χ0n) is 9.69. The Kier molecular flexibility index (Phi) is 3.03. The van der Waals surface area contributed by atoms with E-state index in [1.165, 1.54) is 0 Å². The molecular weight excluding hydrogens is 204 g/mol. The summed E-state index contributed by atoms with van der Waals surface area (Å²) in [5.74, 6) is 0.441. The molecule has 16 heavy (non-hydrogen) atoms. The molecule has 0 bridgehead atoms. The molecule has 4 nitrogen and oxygen atoms in total. The van der Waals surface area contributed by atoms with Crippen LogP contribution in [-0.2, 0) is 9.47 Å².